The lowest BCUT2D eigenvalue weighted by atomic mass is 10.3. The molecule has 0 spiro atoms. The van der Waals surface area contributed by atoms with Crippen LogP contribution in [-0.2, 0) is 0 Å². The van der Waals surface area contributed by atoms with E-state index in [2.05, 4.69) is 13.2 Å². The molecule has 0 aromatic carbocycles. The molecule has 0 radical (unpaired) electrons. The summed E-state index contributed by atoms with van der Waals surface area (Å²) in [6.07, 6.45) is 1.35. The van der Waals surface area contributed by atoms with Gasteiger partial charge < -0.3 is 5.11 Å². The number of rotatable bonds is 2. The highest BCUT2D eigenvalue weighted by Gasteiger charge is 1.90. The van der Waals surface area contributed by atoms with E-state index in [0.717, 1.165) is 0 Å². The van der Waals surface area contributed by atoms with Crippen LogP contribution in [0.2, 0.25) is 0 Å². The molecule has 50 valence electrons. The maximum absolute atomic E-state index is 8.58. The van der Waals surface area contributed by atoms with Crippen LogP contribution in [0, 0.1) is 0 Å². The van der Waals surface area contributed by atoms with Gasteiger partial charge in [-0.3, -0.25) is 0 Å². The number of halogens is 1. The summed E-state index contributed by atoms with van der Waals surface area (Å²) in [7, 11) is 0. The Morgan fingerprint density at radius 1 is 1.56 bits per heavy atom. The molecule has 0 aliphatic carbocycles. The highest BCUT2D eigenvalue weighted by molar-refractivity contribution is 6.32. The van der Waals surface area contributed by atoms with Gasteiger partial charge >= 0.3 is 0 Å². The van der Waals surface area contributed by atoms with Gasteiger partial charge in [-0.2, -0.15) is 0 Å². The van der Waals surface area contributed by atoms with Crippen LogP contribution in [0.25, 0.3) is 0 Å². The monoisotopic (exact) mass is 144 g/mol. The van der Waals surface area contributed by atoms with Crippen molar-refractivity contribution in [2.45, 2.75) is 6.92 Å². The van der Waals surface area contributed by atoms with Crippen molar-refractivity contribution in [1.82, 2.24) is 0 Å². The van der Waals surface area contributed by atoms with Crippen LogP contribution >= 0.6 is 11.6 Å². The molecule has 0 fully saturated rings. The normalized spacial score (nSPS) is 11.1. The Kier molecular flexibility index (Phi) is 3.10. The molecular weight excluding hydrogens is 136 g/mol. The summed E-state index contributed by atoms with van der Waals surface area (Å²) in [6.45, 7) is 8.54. The number of aliphatic hydroxyl groups is 1. The van der Waals surface area contributed by atoms with E-state index in [0.29, 0.717) is 10.6 Å². The molecule has 0 aromatic rings. The molecule has 0 unspecified atom stereocenters. The Balaban J connectivity index is 4.17. The molecule has 1 nitrogen and oxygen atoms in total. The van der Waals surface area contributed by atoms with Crippen LogP contribution in [0.15, 0.2) is 35.6 Å². The summed E-state index contributed by atoms with van der Waals surface area (Å²) in [4.78, 5) is 0. The number of hydrogen-bond acceptors (Lipinski definition) is 1. The van der Waals surface area contributed by atoms with E-state index in [4.69, 9.17) is 16.7 Å². The molecule has 2 heteroatoms. The smallest absolute Gasteiger partial charge is 0.109 e. The summed E-state index contributed by atoms with van der Waals surface area (Å²) in [6, 6.07) is 0. The lowest BCUT2D eigenvalue weighted by Crippen LogP contribution is -1.74. The molecule has 0 saturated carbocycles. The zero-order valence-corrected chi connectivity index (χ0v) is 6.07. The molecule has 0 aliphatic heterocycles. The summed E-state index contributed by atoms with van der Waals surface area (Å²) in [5.41, 5.74) is 0.715. The summed E-state index contributed by atoms with van der Waals surface area (Å²) in [5.74, 6) is -0.0528. The van der Waals surface area contributed by atoms with E-state index >= 15 is 0 Å². The minimum Gasteiger partial charge on any atom is -0.509 e. The van der Waals surface area contributed by atoms with Crippen molar-refractivity contribution in [3.63, 3.8) is 0 Å². The predicted octanol–water partition coefficient (Wildman–Crippen LogP) is 2.76. The third kappa shape index (κ3) is 3.86. The van der Waals surface area contributed by atoms with E-state index in [1.165, 1.54) is 6.08 Å². The Morgan fingerprint density at radius 2 is 2.00 bits per heavy atom. The molecule has 0 rings (SSSR count). The molecule has 0 bridgehead atoms. The molecule has 0 amide bonds. The van der Waals surface area contributed by atoms with Gasteiger partial charge in [-0.15, -0.1) is 0 Å². The van der Waals surface area contributed by atoms with Crippen LogP contribution in [0.5, 0.6) is 0 Å². The first-order valence-corrected chi connectivity index (χ1v) is 2.83. The lowest BCUT2D eigenvalue weighted by molar-refractivity contribution is 0.435. The molecule has 1 N–H and O–H groups in total. The van der Waals surface area contributed by atoms with Crippen molar-refractivity contribution in [3.8, 4) is 0 Å². The minimum atomic E-state index is -0.0528. The topological polar surface area (TPSA) is 20.2 Å². The van der Waals surface area contributed by atoms with E-state index in [9.17, 15) is 0 Å². The molecule has 0 heterocycles. The maximum Gasteiger partial charge on any atom is 0.109 e. The van der Waals surface area contributed by atoms with Crippen molar-refractivity contribution >= 4 is 11.6 Å². The number of aliphatic hydroxyl groups excluding tert-OH is 1. The maximum atomic E-state index is 8.58. The standard InChI is InChI=1S/C7H9ClO/c1-5(2)7(8)4-6(3)9/h4,9H,1,3H2,2H3/b7-4+. The fraction of sp³-hybridized carbons (Fsp3) is 0.143. The van der Waals surface area contributed by atoms with Gasteiger partial charge in [-0.1, -0.05) is 24.8 Å². The second-order valence-electron chi connectivity index (χ2n) is 1.76. The Morgan fingerprint density at radius 3 is 2.11 bits per heavy atom. The highest BCUT2D eigenvalue weighted by atomic mass is 35.5. The van der Waals surface area contributed by atoms with Crippen molar-refractivity contribution in [3.05, 3.63) is 35.6 Å². The van der Waals surface area contributed by atoms with Crippen LogP contribution in [0.1, 0.15) is 6.92 Å². The minimum absolute atomic E-state index is 0.0528. The van der Waals surface area contributed by atoms with Crippen molar-refractivity contribution in [2.75, 3.05) is 0 Å². The van der Waals surface area contributed by atoms with Gasteiger partial charge in [0.1, 0.15) is 5.76 Å². The van der Waals surface area contributed by atoms with Crippen molar-refractivity contribution in [1.29, 1.82) is 0 Å². The van der Waals surface area contributed by atoms with Gasteiger partial charge in [0.05, 0.1) is 0 Å². The third-order valence-electron chi connectivity index (χ3n) is 0.701. The van der Waals surface area contributed by atoms with E-state index < -0.39 is 0 Å². The molecule has 0 atom stereocenters. The Labute approximate surface area is 60.0 Å². The lowest BCUT2D eigenvalue weighted by Gasteiger charge is -1.93. The summed E-state index contributed by atoms with van der Waals surface area (Å²) < 4.78 is 0. The first-order chi connectivity index (χ1) is 4.04. The molecule has 9 heavy (non-hydrogen) atoms. The Bertz CT molecular complexity index is 168. The largest absolute Gasteiger partial charge is 0.509 e. The zero-order valence-electron chi connectivity index (χ0n) is 5.32. The first-order valence-electron chi connectivity index (χ1n) is 2.45. The van der Waals surface area contributed by atoms with Gasteiger partial charge in [0.25, 0.3) is 0 Å². The fourth-order valence-corrected chi connectivity index (χ4v) is 0.395. The van der Waals surface area contributed by atoms with E-state index in [1.54, 1.807) is 6.92 Å². The van der Waals surface area contributed by atoms with Gasteiger partial charge in [0, 0.05) is 5.03 Å². The fourth-order valence-electron chi connectivity index (χ4n) is 0.269. The van der Waals surface area contributed by atoms with Gasteiger partial charge in [-0.05, 0) is 18.6 Å². The van der Waals surface area contributed by atoms with Crippen LogP contribution in [-0.4, -0.2) is 5.11 Å². The third-order valence-corrected chi connectivity index (χ3v) is 1.13. The molecular formula is C7H9ClO. The predicted molar refractivity (Wildman–Crippen MR) is 40.5 cm³/mol. The second kappa shape index (κ2) is 3.36. The van der Waals surface area contributed by atoms with Gasteiger partial charge in [-0.25, -0.2) is 0 Å². The zero-order chi connectivity index (χ0) is 7.44. The quantitative estimate of drug-likeness (QED) is 0.467. The summed E-state index contributed by atoms with van der Waals surface area (Å²) >= 11 is 5.55. The first kappa shape index (κ1) is 8.31. The van der Waals surface area contributed by atoms with E-state index in [-0.39, 0.29) is 5.76 Å². The number of allylic oxidation sites excluding steroid dienone is 3. The second-order valence-corrected chi connectivity index (χ2v) is 2.17. The van der Waals surface area contributed by atoms with Crippen LogP contribution in [0.4, 0.5) is 0 Å². The highest BCUT2D eigenvalue weighted by Crippen LogP contribution is 2.12. The van der Waals surface area contributed by atoms with Gasteiger partial charge in [0.2, 0.25) is 0 Å². The number of hydrogen-bond donors (Lipinski definition) is 1. The van der Waals surface area contributed by atoms with Gasteiger partial charge in [0.15, 0.2) is 0 Å². The molecule has 0 aliphatic rings. The van der Waals surface area contributed by atoms with Crippen LogP contribution < -0.4 is 0 Å². The average molecular weight is 145 g/mol. The molecule has 0 saturated heterocycles. The van der Waals surface area contributed by atoms with Crippen molar-refractivity contribution in [2.24, 2.45) is 0 Å². The summed E-state index contributed by atoms with van der Waals surface area (Å²) in [5, 5.41) is 9.01. The van der Waals surface area contributed by atoms with Crippen molar-refractivity contribution < 1.29 is 5.11 Å². The average Bonchev–Trinajstić information content (AvgIpc) is 1.63. The molecule has 0 aromatic heterocycles. The van der Waals surface area contributed by atoms with E-state index in [1.807, 2.05) is 0 Å². The Hall–Kier alpha value is -0.690. The SMILES string of the molecule is C=C(O)/C=C(/Cl)C(=C)C. The van der Waals surface area contributed by atoms with Crippen LogP contribution in [0.3, 0.4) is 0 Å².